The molecule has 0 aliphatic heterocycles. The fourth-order valence-corrected chi connectivity index (χ4v) is 0.910. The third kappa shape index (κ3) is 5.11. The third-order valence-electron chi connectivity index (χ3n) is 1.38. The molecule has 0 aliphatic carbocycles. The first-order chi connectivity index (χ1) is 7.38. The van der Waals surface area contributed by atoms with Crippen LogP contribution in [0.1, 0.15) is 34.1 Å². The lowest BCUT2D eigenvalue weighted by molar-refractivity contribution is 1.09. The van der Waals surface area contributed by atoms with E-state index < -0.39 is 0 Å². The van der Waals surface area contributed by atoms with Crippen LogP contribution in [0.15, 0.2) is 36.7 Å². The van der Waals surface area contributed by atoms with Gasteiger partial charge in [0.15, 0.2) is 0 Å². The fourth-order valence-electron chi connectivity index (χ4n) is 0.910. The topological polar surface area (TPSA) is 25.8 Å². The molecular formula is C13H20N2. The lowest BCUT2D eigenvalue weighted by Crippen LogP contribution is -1.78. The normalized spacial score (nSPS) is 8.27. The second-order valence-electron chi connectivity index (χ2n) is 2.75. The molecule has 0 spiro atoms. The summed E-state index contributed by atoms with van der Waals surface area (Å²) in [5, 5.41) is 0. The van der Waals surface area contributed by atoms with Crippen molar-refractivity contribution in [2.75, 3.05) is 0 Å². The Morgan fingerprint density at radius 3 is 1.53 bits per heavy atom. The molecule has 2 nitrogen and oxygen atoms in total. The van der Waals surface area contributed by atoms with Crippen LogP contribution >= 0.6 is 0 Å². The predicted octanol–water partition coefficient (Wildman–Crippen LogP) is 4.07. The largest absolute Gasteiger partial charge is 0.253 e. The minimum Gasteiger partial charge on any atom is -0.253 e. The van der Waals surface area contributed by atoms with Crippen molar-refractivity contribution in [1.29, 1.82) is 0 Å². The van der Waals surface area contributed by atoms with E-state index in [2.05, 4.69) is 23.8 Å². The molecular weight excluding hydrogens is 184 g/mol. The zero-order valence-electron chi connectivity index (χ0n) is 10.1. The Bertz CT molecular complexity index is 293. The van der Waals surface area contributed by atoms with E-state index in [0.29, 0.717) is 0 Å². The van der Waals surface area contributed by atoms with E-state index in [-0.39, 0.29) is 0 Å². The quantitative estimate of drug-likeness (QED) is 0.646. The Morgan fingerprint density at radius 2 is 1.20 bits per heavy atom. The highest BCUT2D eigenvalue weighted by molar-refractivity contribution is 5.72. The molecule has 2 heteroatoms. The minimum absolute atomic E-state index is 0.949. The molecule has 82 valence electrons. The van der Waals surface area contributed by atoms with Gasteiger partial charge >= 0.3 is 0 Å². The van der Waals surface area contributed by atoms with Gasteiger partial charge in [-0.2, -0.15) is 0 Å². The molecule has 0 fully saturated rings. The van der Waals surface area contributed by atoms with Crippen molar-refractivity contribution in [3.8, 4) is 0 Å². The summed E-state index contributed by atoms with van der Waals surface area (Å²) < 4.78 is 0. The molecule has 15 heavy (non-hydrogen) atoms. The minimum atomic E-state index is 0.949. The van der Waals surface area contributed by atoms with Crippen LogP contribution < -0.4 is 0 Å². The summed E-state index contributed by atoms with van der Waals surface area (Å²) >= 11 is 0. The maximum absolute atomic E-state index is 4.12. The van der Waals surface area contributed by atoms with Crippen LogP contribution in [0.25, 0.3) is 11.0 Å². The molecule has 0 aliphatic rings. The van der Waals surface area contributed by atoms with Crippen molar-refractivity contribution < 1.29 is 0 Å². The fraction of sp³-hybridized carbons (Fsp3) is 0.385. The van der Waals surface area contributed by atoms with Crippen LogP contribution in [0.3, 0.4) is 0 Å². The molecule has 0 saturated heterocycles. The van der Waals surface area contributed by atoms with Gasteiger partial charge in [0.2, 0.25) is 0 Å². The Hall–Kier alpha value is -1.44. The van der Waals surface area contributed by atoms with Gasteiger partial charge in [-0.05, 0) is 12.1 Å². The van der Waals surface area contributed by atoms with Crippen molar-refractivity contribution in [2.45, 2.75) is 34.1 Å². The third-order valence-corrected chi connectivity index (χ3v) is 1.38. The summed E-state index contributed by atoms with van der Waals surface area (Å²) in [4.78, 5) is 8.24. The average molecular weight is 204 g/mol. The number of benzene rings is 1. The van der Waals surface area contributed by atoms with E-state index in [1.807, 2.05) is 38.1 Å². The number of para-hydroxylation sites is 2. The van der Waals surface area contributed by atoms with Crippen LogP contribution in [0.5, 0.6) is 0 Å². The van der Waals surface area contributed by atoms with Crippen molar-refractivity contribution in [2.24, 2.45) is 0 Å². The van der Waals surface area contributed by atoms with Crippen LogP contribution in [-0.2, 0) is 0 Å². The number of rotatable bonds is 0. The Balaban J connectivity index is 0.000000342. The molecule has 1 aromatic heterocycles. The van der Waals surface area contributed by atoms with E-state index in [1.54, 1.807) is 12.4 Å². The second-order valence-corrected chi connectivity index (χ2v) is 2.75. The lowest BCUT2D eigenvalue weighted by atomic mass is 10.3. The molecule has 0 atom stereocenters. The lowest BCUT2D eigenvalue weighted by Gasteiger charge is -1.90. The Kier molecular flexibility index (Phi) is 8.25. The van der Waals surface area contributed by atoms with E-state index >= 15 is 0 Å². The smallest absolute Gasteiger partial charge is 0.0886 e. The van der Waals surface area contributed by atoms with Gasteiger partial charge in [-0.25, -0.2) is 0 Å². The first-order valence-corrected chi connectivity index (χ1v) is 5.54. The maximum Gasteiger partial charge on any atom is 0.0886 e. The molecule has 0 bridgehead atoms. The van der Waals surface area contributed by atoms with Gasteiger partial charge in [0, 0.05) is 12.4 Å². The highest BCUT2D eigenvalue weighted by Gasteiger charge is 1.88. The molecule has 1 heterocycles. The zero-order chi connectivity index (χ0) is 11.5. The highest BCUT2D eigenvalue weighted by Crippen LogP contribution is 2.04. The van der Waals surface area contributed by atoms with E-state index in [4.69, 9.17) is 0 Å². The summed E-state index contributed by atoms with van der Waals surface area (Å²) in [5.41, 5.74) is 1.90. The van der Waals surface area contributed by atoms with Gasteiger partial charge < -0.3 is 0 Å². The SMILES string of the molecule is CC.CCC.c1ccc2nccnc2c1. The van der Waals surface area contributed by atoms with E-state index in [1.165, 1.54) is 6.42 Å². The number of hydrogen-bond donors (Lipinski definition) is 0. The number of nitrogens with zero attached hydrogens (tertiary/aromatic N) is 2. The van der Waals surface area contributed by atoms with E-state index in [0.717, 1.165) is 11.0 Å². The molecule has 0 amide bonds. The number of hydrogen-bond acceptors (Lipinski definition) is 2. The maximum atomic E-state index is 4.12. The van der Waals surface area contributed by atoms with Gasteiger partial charge in [-0.1, -0.05) is 46.2 Å². The number of aromatic nitrogens is 2. The molecule has 2 aromatic rings. The predicted molar refractivity (Wildman–Crippen MR) is 66.9 cm³/mol. The Morgan fingerprint density at radius 1 is 0.867 bits per heavy atom. The van der Waals surface area contributed by atoms with Gasteiger partial charge in [0.25, 0.3) is 0 Å². The van der Waals surface area contributed by atoms with Gasteiger partial charge in [0.1, 0.15) is 0 Å². The van der Waals surface area contributed by atoms with Crippen LogP contribution in [0, 0.1) is 0 Å². The van der Waals surface area contributed by atoms with Gasteiger partial charge in [0.05, 0.1) is 11.0 Å². The molecule has 0 saturated carbocycles. The van der Waals surface area contributed by atoms with Gasteiger partial charge in [-0.15, -0.1) is 0 Å². The summed E-state index contributed by atoms with van der Waals surface area (Å²) in [6.45, 7) is 8.25. The second kappa shape index (κ2) is 9.13. The van der Waals surface area contributed by atoms with Crippen LogP contribution in [-0.4, -0.2) is 9.97 Å². The summed E-state index contributed by atoms with van der Waals surface area (Å²) in [6, 6.07) is 7.80. The first kappa shape index (κ1) is 13.6. The van der Waals surface area contributed by atoms with Gasteiger partial charge in [-0.3, -0.25) is 9.97 Å². The molecule has 2 rings (SSSR count). The standard InChI is InChI=1S/C8H6N2.C3H8.C2H6/c1-2-4-8-7(3-1)9-5-6-10-8;1-3-2;1-2/h1-6H;3H2,1-2H3;1-2H3. The first-order valence-electron chi connectivity index (χ1n) is 5.54. The molecule has 1 aromatic carbocycles. The summed E-state index contributed by atoms with van der Waals surface area (Å²) in [6.07, 6.45) is 4.64. The highest BCUT2D eigenvalue weighted by atomic mass is 14.8. The van der Waals surface area contributed by atoms with Crippen molar-refractivity contribution in [1.82, 2.24) is 9.97 Å². The summed E-state index contributed by atoms with van der Waals surface area (Å²) in [7, 11) is 0. The molecule has 0 N–H and O–H groups in total. The van der Waals surface area contributed by atoms with Crippen molar-refractivity contribution in [3.05, 3.63) is 36.7 Å². The Labute approximate surface area is 92.4 Å². The van der Waals surface area contributed by atoms with Crippen LogP contribution in [0.4, 0.5) is 0 Å². The van der Waals surface area contributed by atoms with Crippen molar-refractivity contribution >= 4 is 11.0 Å². The average Bonchev–Trinajstić information content (AvgIpc) is 2.33. The van der Waals surface area contributed by atoms with Crippen molar-refractivity contribution in [3.63, 3.8) is 0 Å². The number of fused-ring (bicyclic) bond motifs is 1. The zero-order valence-corrected chi connectivity index (χ0v) is 10.1. The monoisotopic (exact) mass is 204 g/mol. The molecule has 0 unspecified atom stereocenters. The van der Waals surface area contributed by atoms with Crippen LogP contribution in [0.2, 0.25) is 0 Å². The van der Waals surface area contributed by atoms with E-state index in [9.17, 15) is 0 Å². The molecule has 0 radical (unpaired) electrons. The summed E-state index contributed by atoms with van der Waals surface area (Å²) in [5.74, 6) is 0.